The van der Waals surface area contributed by atoms with Crippen LogP contribution in [0.5, 0.6) is 5.75 Å². The zero-order valence-electron chi connectivity index (χ0n) is 14.1. The number of carbonyl (C=O) groups excluding carboxylic acids is 1. The van der Waals surface area contributed by atoms with Crippen LogP contribution in [0.25, 0.3) is 10.9 Å². The third-order valence-electron chi connectivity index (χ3n) is 4.20. The number of hydrogen-bond acceptors (Lipinski definition) is 5. The monoisotopic (exact) mass is 384 g/mol. The zero-order valence-corrected chi connectivity index (χ0v) is 14.8. The number of nitrogens with zero attached hydrogens (tertiary/aromatic N) is 3. The normalized spacial score (nSPS) is 13.0. The predicted molar refractivity (Wildman–Crippen MR) is 102 cm³/mol. The summed E-state index contributed by atoms with van der Waals surface area (Å²) < 4.78 is 19.1. The average molecular weight is 385 g/mol. The van der Waals surface area contributed by atoms with Crippen molar-refractivity contribution in [1.29, 1.82) is 0 Å². The number of ether oxygens (including phenoxy) is 1. The summed E-state index contributed by atoms with van der Waals surface area (Å²) in [6.45, 7) is 4.36. The molecule has 0 aliphatic carbocycles. The highest BCUT2D eigenvalue weighted by Crippen LogP contribution is 2.37. The van der Waals surface area contributed by atoms with E-state index in [9.17, 15) is 9.18 Å². The van der Waals surface area contributed by atoms with Crippen LogP contribution in [-0.4, -0.2) is 29.0 Å². The maximum absolute atomic E-state index is 13.4. The number of aromatic nitrogens is 2. The molecule has 4 rings (SSSR count). The lowest BCUT2D eigenvalue weighted by atomic mass is 10.1. The molecule has 0 bridgehead atoms. The molecule has 1 aliphatic rings. The highest BCUT2D eigenvalue weighted by Gasteiger charge is 2.23. The van der Waals surface area contributed by atoms with Gasteiger partial charge in [0.15, 0.2) is 0 Å². The second-order valence-corrected chi connectivity index (χ2v) is 6.26. The molecule has 0 atom stereocenters. The average Bonchev–Trinajstić information content (AvgIpc) is 2.68. The van der Waals surface area contributed by atoms with Crippen LogP contribution in [0, 0.1) is 5.82 Å². The Kier molecular flexibility index (Phi) is 4.37. The molecule has 27 heavy (non-hydrogen) atoms. The largest absolute Gasteiger partial charge is 0.489 e. The number of carbonyl (C=O) groups is 1. The number of halogens is 2. The first kappa shape index (κ1) is 17.2. The lowest BCUT2D eigenvalue weighted by Gasteiger charge is -2.29. The van der Waals surface area contributed by atoms with E-state index in [1.807, 2.05) is 0 Å². The molecule has 0 saturated heterocycles. The zero-order chi connectivity index (χ0) is 19.0. The molecule has 2 aromatic carbocycles. The van der Waals surface area contributed by atoms with Crippen LogP contribution in [-0.2, 0) is 4.79 Å². The van der Waals surface area contributed by atoms with Crippen LogP contribution in [0.2, 0.25) is 5.02 Å². The van der Waals surface area contributed by atoms with Crippen molar-refractivity contribution in [2.24, 2.45) is 0 Å². The van der Waals surface area contributed by atoms with E-state index >= 15 is 0 Å². The number of nitrogens with one attached hydrogen (secondary N) is 1. The lowest BCUT2D eigenvalue weighted by molar-refractivity contribution is -0.114. The fraction of sp³-hybridized carbons (Fsp3) is 0.105. The van der Waals surface area contributed by atoms with Gasteiger partial charge in [-0.15, -0.1) is 0 Å². The summed E-state index contributed by atoms with van der Waals surface area (Å²) >= 11 is 5.85. The molecule has 136 valence electrons. The number of benzene rings is 2. The molecule has 8 heteroatoms. The van der Waals surface area contributed by atoms with Crippen molar-refractivity contribution >= 4 is 45.6 Å². The van der Waals surface area contributed by atoms with Crippen LogP contribution in [0.4, 0.5) is 21.6 Å². The molecule has 0 fully saturated rings. The first-order valence-corrected chi connectivity index (χ1v) is 8.52. The highest BCUT2D eigenvalue weighted by atomic mass is 35.5. The number of hydrogen-bond donors (Lipinski definition) is 1. The molecule has 1 amide bonds. The molecular weight excluding hydrogens is 371 g/mol. The van der Waals surface area contributed by atoms with E-state index in [1.165, 1.54) is 24.5 Å². The molecule has 2 heterocycles. The Morgan fingerprint density at radius 3 is 2.96 bits per heavy atom. The van der Waals surface area contributed by atoms with Crippen molar-refractivity contribution in [2.75, 3.05) is 23.4 Å². The van der Waals surface area contributed by atoms with Gasteiger partial charge in [0.05, 0.1) is 22.8 Å². The third kappa shape index (κ3) is 3.17. The molecule has 0 saturated carbocycles. The first-order chi connectivity index (χ1) is 13.1. The molecule has 6 nitrogen and oxygen atoms in total. The molecule has 3 aromatic rings. The fourth-order valence-corrected chi connectivity index (χ4v) is 3.10. The molecule has 0 unspecified atom stereocenters. The van der Waals surface area contributed by atoms with Crippen molar-refractivity contribution in [3.8, 4) is 5.75 Å². The molecular formula is C19H14ClFN4O2. The van der Waals surface area contributed by atoms with Gasteiger partial charge in [0.2, 0.25) is 0 Å². The second-order valence-electron chi connectivity index (χ2n) is 5.86. The van der Waals surface area contributed by atoms with E-state index in [0.29, 0.717) is 47.0 Å². The van der Waals surface area contributed by atoms with Gasteiger partial charge in [-0.1, -0.05) is 18.2 Å². The van der Waals surface area contributed by atoms with Gasteiger partial charge in [-0.2, -0.15) is 0 Å². The molecule has 0 radical (unpaired) electrons. The van der Waals surface area contributed by atoms with Crippen LogP contribution in [0.15, 0.2) is 49.3 Å². The molecule has 1 aliphatic heterocycles. The lowest BCUT2D eigenvalue weighted by Crippen LogP contribution is -2.36. The second kappa shape index (κ2) is 6.85. The maximum atomic E-state index is 13.4. The summed E-state index contributed by atoms with van der Waals surface area (Å²) in [7, 11) is 0. The Labute approximate surface area is 159 Å². The fourth-order valence-electron chi connectivity index (χ4n) is 2.92. The van der Waals surface area contributed by atoms with Gasteiger partial charge in [-0.05, 0) is 30.3 Å². The molecule has 0 spiro atoms. The van der Waals surface area contributed by atoms with Crippen molar-refractivity contribution in [2.45, 2.75) is 0 Å². The number of rotatable bonds is 3. The van der Waals surface area contributed by atoms with Crippen LogP contribution in [0.1, 0.15) is 0 Å². The number of amides is 1. The van der Waals surface area contributed by atoms with Crippen LogP contribution in [0.3, 0.4) is 0 Å². The van der Waals surface area contributed by atoms with Gasteiger partial charge < -0.3 is 15.0 Å². The number of anilines is 3. The van der Waals surface area contributed by atoms with Crippen LogP contribution >= 0.6 is 11.6 Å². The summed E-state index contributed by atoms with van der Waals surface area (Å²) in [5.41, 5.74) is 1.84. The summed E-state index contributed by atoms with van der Waals surface area (Å²) in [6.07, 6.45) is 2.68. The van der Waals surface area contributed by atoms with Gasteiger partial charge >= 0.3 is 0 Å². The van der Waals surface area contributed by atoms with Crippen molar-refractivity contribution < 1.29 is 13.9 Å². The van der Waals surface area contributed by atoms with E-state index in [4.69, 9.17) is 16.3 Å². The van der Waals surface area contributed by atoms with Gasteiger partial charge in [0.25, 0.3) is 5.91 Å². The Bertz CT molecular complexity index is 1070. The SMILES string of the molecule is C=CC(=O)N1CCOc2cc3ncnc(Nc4ccc(F)c(Cl)c4)c3cc21. The summed E-state index contributed by atoms with van der Waals surface area (Å²) in [4.78, 5) is 22.3. The van der Waals surface area contributed by atoms with Gasteiger partial charge in [-0.25, -0.2) is 14.4 Å². The maximum Gasteiger partial charge on any atom is 0.250 e. The van der Waals surface area contributed by atoms with E-state index in [2.05, 4.69) is 21.9 Å². The van der Waals surface area contributed by atoms with Gasteiger partial charge in [0, 0.05) is 17.1 Å². The minimum absolute atomic E-state index is 0.00638. The topological polar surface area (TPSA) is 67.4 Å². The summed E-state index contributed by atoms with van der Waals surface area (Å²) in [5.74, 6) is 0.357. The standard InChI is InChI=1S/C19H14ClFN4O2/c1-2-18(26)25-5-6-27-17-9-15-12(8-16(17)25)19(23-10-22-15)24-11-3-4-14(21)13(20)7-11/h2-4,7-10H,1,5-6H2,(H,22,23,24). The van der Waals surface area contributed by atoms with E-state index in [-0.39, 0.29) is 10.9 Å². The van der Waals surface area contributed by atoms with E-state index in [1.54, 1.807) is 23.1 Å². The van der Waals surface area contributed by atoms with Gasteiger partial charge in [0.1, 0.15) is 30.3 Å². The van der Waals surface area contributed by atoms with Gasteiger partial charge in [-0.3, -0.25) is 4.79 Å². The van der Waals surface area contributed by atoms with Crippen molar-refractivity contribution in [3.05, 3.63) is 60.2 Å². The van der Waals surface area contributed by atoms with Crippen molar-refractivity contribution in [1.82, 2.24) is 9.97 Å². The van der Waals surface area contributed by atoms with Crippen LogP contribution < -0.4 is 15.0 Å². The smallest absolute Gasteiger partial charge is 0.250 e. The highest BCUT2D eigenvalue weighted by molar-refractivity contribution is 6.31. The molecule has 1 aromatic heterocycles. The minimum atomic E-state index is -0.500. The number of fused-ring (bicyclic) bond motifs is 2. The van der Waals surface area contributed by atoms with E-state index in [0.717, 1.165) is 0 Å². The van der Waals surface area contributed by atoms with Crippen molar-refractivity contribution in [3.63, 3.8) is 0 Å². The summed E-state index contributed by atoms with van der Waals surface area (Å²) in [6, 6.07) is 7.86. The summed E-state index contributed by atoms with van der Waals surface area (Å²) in [5, 5.41) is 3.80. The Morgan fingerprint density at radius 2 is 2.19 bits per heavy atom. The minimum Gasteiger partial charge on any atom is -0.489 e. The van der Waals surface area contributed by atoms with E-state index < -0.39 is 5.82 Å². The predicted octanol–water partition coefficient (Wildman–Crippen LogP) is 4.08. The third-order valence-corrected chi connectivity index (χ3v) is 4.49. The Balaban J connectivity index is 1.81. The Morgan fingerprint density at radius 1 is 1.33 bits per heavy atom. The first-order valence-electron chi connectivity index (χ1n) is 8.14. The quantitative estimate of drug-likeness (QED) is 0.689. The Hall–Kier alpha value is -3.19. The molecule has 1 N–H and O–H groups in total.